The molecule has 2 amide bonds. The van der Waals surface area contributed by atoms with Crippen LogP contribution in [0.2, 0.25) is 0 Å². The van der Waals surface area contributed by atoms with E-state index >= 15 is 0 Å². The van der Waals surface area contributed by atoms with Gasteiger partial charge in [-0.1, -0.05) is 13.8 Å². The highest BCUT2D eigenvalue weighted by Gasteiger charge is 2.48. The molecule has 5 heteroatoms. The maximum Gasteiger partial charge on any atom is 0.312 e. The van der Waals surface area contributed by atoms with Gasteiger partial charge in [-0.25, -0.2) is 0 Å². The average molecular weight is 297 g/mol. The van der Waals surface area contributed by atoms with Crippen molar-refractivity contribution in [1.29, 1.82) is 0 Å². The van der Waals surface area contributed by atoms with E-state index in [0.29, 0.717) is 25.3 Å². The highest BCUT2D eigenvalue weighted by molar-refractivity contribution is 6.35. The van der Waals surface area contributed by atoms with E-state index < -0.39 is 22.9 Å². The van der Waals surface area contributed by atoms with Gasteiger partial charge < -0.3 is 16.0 Å². The molecule has 0 aliphatic carbocycles. The van der Waals surface area contributed by atoms with Gasteiger partial charge in [0, 0.05) is 23.7 Å². The molecule has 1 rings (SSSR count). The minimum absolute atomic E-state index is 0.0584. The Morgan fingerprint density at radius 3 is 2.10 bits per heavy atom. The number of piperidine rings is 1. The first kappa shape index (κ1) is 18.0. The summed E-state index contributed by atoms with van der Waals surface area (Å²) in [5, 5.41) is 2.74. The van der Waals surface area contributed by atoms with Crippen LogP contribution in [0.1, 0.15) is 60.8 Å². The Hall–Kier alpha value is -1.10. The molecule has 5 nitrogen and oxygen atoms in total. The summed E-state index contributed by atoms with van der Waals surface area (Å²) in [7, 11) is 0. The predicted octanol–water partition coefficient (Wildman–Crippen LogP) is 1.66. The number of hydrogen-bond donors (Lipinski definition) is 2. The Morgan fingerprint density at radius 1 is 1.19 bits per heavy atom. The molecule has 1 fully saturated rings. The molecular weight excluding hydrogens is 266 g/mol. The molecule has 0 radical (unpaired) electrons. The van der Waals surface area contributed by atoms with Gasteiger partial charge in [-0.2, -0.15) is 0 Å². The molecule has 21 heavy (non-hydrogen) atoms. The second-order valence-corrected chi connectivity index (χ2v) is 7.87. The van der Waals surface area contributed by atoms with E-state index in [1.807, 2.05) is 27.7 Å². The fourth-order valence-electron chi connectivity index (χ4n) is 3.56. The monoisotopic (exact) mass is 297 g/mol. The smallest absolute Gasteiger partial charge is 0.312 e. The van der Waals surface area contributed by atoms with Crippen LogP contribution in [-0.2, 0) is 9.59 Å². The van der Waals surface area contributed by atoms with Gasteiger partial charge >= 0.3 is 11.8 Å². The van der Waals surface area contributed by atoms with Crippen LogP contribution in [0.5, 0.6) is 0 Å². The third-order valence-corrected chi connectivity index (χ3v) is 4.14. The third kappa shape index (κ3) is 4.43. The largest absolute Gasteiger partial charge is 0.348 e. The molecule has 3 N–H and O–H groups in total. The number of amides is 2. The van der Waals surface area contributed by atoms with Gasteiger partial charge in [0.25, 0.3) is 0 Å². The van der Waals surface area contributed by atoms with Gasteiger partial charge in [0.15, 0.2) is 0 Å². The fourth-order valence-corrected chi connectivity index (χ4v) is 3.56. The number of likely N-dealkylation sites (tertiary alicyclic amines) is 1. The summed E-state index contributed by atoms with van der Waals surface area (Å²) >= 11 is 0. The molecular formula is C16H31N3O2. The van der Waals surface area contributed by atoms with Crippen LogP contribution < -0.4 is 11.1 Å². The number of hydrogen-bond acceptors (Lipinski definition) is 3. The Morgan fingerprint density at radius 2 is 1.67 bits per heavy atom. The fraction of sp³-hybridized carbons (Fsp3) is 0.875. The normalized spacial score (nSPS) is 21.4. The molecule has 0 atom stereocenters. The van der Waals surface area contributed by atoms with E-state index in [2.05, 4.69) is 19.2 Å². The molecule has 0 aromatic carbocycles. The Kier molecular flexibility index (Phi) is 5.42. The van der Waals surface area contributed by atoms with Crippen molar-refractivity contribution >= 4 is 11.8 Å². The Bertz CT molecular complexity index is 384. The summed E-state index contributed by atoms with van der Waals surface area (Å²) in [6, 6.07) is 0.0584. The van der Waals surface area contributed by atoms with Crippen LogP contribution in [0.4, 0.5) is 0 Å². The van der Waals surface area contributed by atoms with Gasteiger partial charge in [-0.05, 0) is 52.9 Å². The highest BCUT2D eigenvalue weighted by Crippen LogP contribution is 2.37. The van der Waals surface area contributed by atoms with E-state index in [4.69, 9.17) is 5.73 Å². The summed E-state index contributed by atoms with van der Waals surface area (Å²) < 4.78 is 0. The maximum atomic E-state index is 12.6. The van der Waals surface area contributed by atoms with Crippen molar-refractivity contribution in [1.82, 2.24) is 10.2 Å². The molecule has 0 aromatic rings. The first-order chi connectivity index (χ1) is 9.47. The topological polar surface area (TPSA) is 75.4 Å². The van der Waals surface area contributed by atoms with E-state index in [1.54, 1.807) is 4.90 Å². The van der Waals surface area contributed by atoms with Crippen LogP contribution in [0.3, 0.4) is 0 Å². The van der Waals surface area contributed by atoms with Crippen LogP contribution in [-0.4, -0.2) is 40.4 Å². The van der Waals surface area contributed by atoms with Crippen LogP contribution >= 0.6 is 0 Å². The highest BCUT2D eigenvalue weighted by atomic mass is 16.2. The quantitative estimate of drug-likeness (QED) is 0.778. The van der Waals surface area contributed by atoms with Crippen molar-refractivity contribution in [3.63, 3.8) is 0 Å². The van der Waals surface area contributed by atoms with E-state index in [0.717, 1.165) is 6.42 Å². The van der Waals surface area contributed by atoms with Crippen molar-refractivity contribution in [3.8, 4) is 0 Å². The van der Waals surface area contributed by atoms with Crippen LogP contribution in [0.25, 0.3) is 0 Å². The lowest BCUT2D eigenvalue weighted by Gasteiger charge is -2.54. The van der Waals surface area contributed by atoms with Gasteiger partial charge in [0.05, 0.1) is 0 Å². The molecule has 122 valence electrons. The first-order valence-corrected chi connectivity index (χ1v) is 7.85. The first-order valence-electron chi connectivity index (χ1n) is 7.85. The van der Waals surface area contributed by atoms with Crippen molar-refractivity contribution < 1.29 is 9.59 Å². The number of nitrogens with one attached hydrogen (secondary N) is 1. The molecule has 1 aliphatic heterocycles. The van der Waals surface area contributed by atoms with Gasteiger partial charge in [0.1, 0.15) is 0 Å². The molecule has 1 heterocycles. The van der Waals surface area contributed by atoms with Crippen LogP contribution in [0.15, 0.2) is 0 Å². The average Bonchev–Trinajstić information content (AvgIpc) is 2.23. The third-order valence-electron chi connectivity index (χ3n) is 4.14. The minimum atomic E-state index is -0.507. The maximum absolute atomic E-state index is 12.6. The van der Waals surface area contributed by atoms with E-state index in [1.165, 1.54) is 0 Å². The van der Waals surface area contributed by atoms with Crippen LogP contribution in [0, 0.1) is 5.92 Å². The zero-order valence-corrected chi connectivity index (χ0v) is 14.3. The number of carbonyl (C=O) groups excluding carboxylic acids is 2. The molecule has 0 bridgehead atoms. The number of nitrogens with zero attached hydrogens (tertiary/aromatic N) is 1. The molecule has 0 aromatic heterocycles. The van der Waals surface area contributed by atoms with E-state index in [-0.39, 0.29) is 6.04 Å². The van der Waals surface area contributed by atoms with Crippen molar-refractivity contribution in [2.24, 2.45) is 11.7 Å². The molecule has 0 unspecified atom stereocenters. The van der Waals surface area contributed by atoms with Crippen molar-refractivity contribution in [2.45, 2.75) is 77.9 Å². The standard InChI is InChI=1S/C16H31N3O2/c1-11(2)7-8-18-13(20)14(21)19-15(3,4)9-12(17)10-16(19,5)6/h11-12H,7-10,17H2,1-6H3,(H,18,20). The molecule has 0 saturated carbocycles. The summed E-state index contributed by atoms with van der Waals surface area (Å²) in [5.74, 6) is -0.450. The lowest BCUT2D eigenvalue weighted by atomic mass is 9.77. The second kappa shape index (κ2) is 6.34. The Balaban J connectivity index is 2.80. The van der Waals surface area contributed by atoms with Gasteiger partial charge in [-0.15, -0.1) is 0 Å². The number of rotatable bonds is 3. The van der Waals surface area contributed by atoms with E-state index in [9.17, 15) is 9.59 Å². The number of nitrogens with two attached hydrogens (primary N) is 1. The second-order valence-electron chi connectivity index (χ2n) is 7.87. The molecule has 1 saturated heterocycles. The van der Waals surface area contributed by atoms with Gasteiger partial charge in [-0.3, -0.25) is 9.59 Å². The summed E-state index contributed by atoms with van der Waals surface area (Å²) in [4.78, 5) is 26.4. The SMILES string of the molecule is CC(C)CCNC(=O)C(=O)N1C(C)(C)CC(N)CC1(C)C. The zero-order chi connectivity index (χ0) is 16.4. The lowest BCUT2D eigenvalue weighted by molar-refractivity contribution is -0.159. The molecule has 0 spiro atoms. The lowest BCUT2D eigenvalue weighted by Crippen LogP contribution is -2.67. The minimum Gasteiger partial charge on any atom is -0.348 e. The molecule has 1 aliphatic rings. The summed E-state index contributed by atoms with van der Waals surface area (Å²) in [6.45, 7) is 12.6. The summed E-state index contributed by atoms with van der Waals surface area (Å²) in [6.07, 6.45) is 2.29. The zero-order valence-electron chi connectivity index (χ0n) is 14.3. The van der Waals surface area contributed by atoms with Gasteiger partial charge in [0.2, 0.25) is 0 Å². The van der Waals surface area contributed by atoms with Crippen molar-refractivity contribution in [3.05, 3.63) is 0 Å². The Labute approximate surface area is 128 Å². The van der Waals surface area contributed by atoms with Crippen molar-refractivity contribution in [2.75, 3.05) is 6.54 Å². The summed E-state index contributed by atoms with van der Waals surface area (Å²) in [5.41, 5.74) is 5.28. The predicted molar refractivity (Wildman–Crippen MR) is 84.7 cm³/mol. The number of carbonyl (C=O) groups is 2.